The fourth-order valence-corrected chi connectivity index (χ4v) is 7.21. The Morgan fingerprint density at radius 1 is 0.455 bits per heavy atom. The second-order valence-electron chi connectivity index (χ2n) is 11.2. The van der Waals surface area contributed by atoms with Crippen molar-refractivity contribution in [1.82, 2.24) is 9.13 Å². The summed E-state index contributed by atoms with van der Waals surface area (Å²) in [5, 5.41) is 10.4. The Hall–Kier alpha value is -5.34. The predicted octanol–water partition coefficient (Wildman–Crippen LogP) is 11.9. The van der Waals surface area contributed by atoms with E-state index in [1.807, 2.05) is 13.8 Å². The van der Waals surface area contributed by atoms with Crippen LogP contribution in [-0.4, -0.2) is 9.13 Å². The van der Waals surface area contributed by atoms with Gasteiger partial charge in [-0.2, -0.15) is 0 Å². The van der Waals surface area contributed by atoms with Crippen LogP contribution >= 0.6 is 0 Å². The number of benzene rings is 7. The third-order valence-corrected chi connectivity index (χ3v) is 9.09. The van der Waals surface area contributed by atoms with Crippen LogP contribution in [0.3, 0.4) is 0 Å². The maximum Gasteiger partial charge on any atom is 0.0562 e. The lowest BCUT2D eigenvalue weighted by atomic mass is 9.98. The van der Waals surface area contributed by atoms with Gasteiger partial charge >= 0.3 is 0 Å². The molecule has 0 N–H and O–H groups in total. The van der Waals surface area contributed by atoms with Crippen LogP contribution in [0.25, 0.3) is 82.0 Å². The molecule has 0 bridgehead atoms. The normalized spacial score (nSPS) is 11.6. The molecule has 2 heteroatoms. The zero-order valence-corrected chi connectivity index (χ0v) is 25.4. The minimum Gasteiger partial charge on any atom is -0.341 e. The van der Waals surface area contributed by atoms with Crippen molar-refractivity contribution in [2.45, 2.75) is 27.3 Å². The van der Waals surface area contributed by atoms with Crippen molar-refractivity contribution in [2.24, 2.45) is 0 Å². The molecule has 0 spiro atoms. The molecule has 9 rings (SSSR count). The average Bonchev–Trinajstić information content (AvgIpc) is 3.59. The largest absolute Gasteiger partial charge is 0.341 e. The molecule has 9 aromatic rings. The lowest BCUT2D eigenvalue weighted by Crippen LogP contribution is -1.96. The fraction of sp³-hybridized carbons (Fsp3) is 0.0952. The number of rotatable bonds is 3. The van der Waals surface area contributed by atoms with E-state index < -0.39 is 0 Å². The molecule has 2 heterocycles. The van der Waals surface area contributed by atoms with Crippen LogP contribution < -0.4 is 0 Å². The molecule has 2 aromatic heterocycles. The smallest absolute Gasteiger partial charge is 0.0562 e. The van der Waals surface area contributed by atoms with E-state index in [1.54, 1.807) is 0 Å². The molecule has 44 heavy (non-hydrogen) atoms. The van der Waals surface area contributed by atoms with Gasteiger partial charge in [0.15, 0.2) is 0 Å². The summed E-state index contributed by atoms with van der Waals surface area (Å²) >= 11 is 0. The fourth-order valence-electron chi connectivity index (χ4n) is 7.21. The van der Waals surface area contributed by atoms with Crippen molar-refractivity contribution in [3.63, 3.8) is 0 Å². The van der Waals surface area contributed by atoms with Gasteiger partial charge in [0, 0.05) is 39.3 Å². The Labute approximate surface area is 257 Å². The third-order valence-electron chi connectivity index (χ3n) is 9.09. The van der Waals surface area contributed by atoms with E-state index in [0.717, 1.165) is 6.54 Å². The lowest BCUT2D eigenvalue weighted by Gasteiger charge is -2.11. The molecule has 0 aliphatic carbocycles. The van der Waals surface area contributed by atoms with Gasteiger partial charge < -0.3 is 9.13 Å². The van der Waals surface area contributed by atoms with E-state index in [9.17, 15) is 0 Å². The number of aryl methyl sites for hydroxylation is 1. The second-order valence-corrected chi connectivity index (χ2v) is 11.2. The van der Waals surface area contributed by atoms with E-state index in [0.29, 0.717) is 0 Å². The molecule has 0 aliphatic rings. The van der Waals surface area contributed by atoms with E-state index in [1.165, 1.54) is 82.0 Å². The minimum absolute atomic E-state index is 0.920. The predicted molar refractivity (Wildman–Crippen MR) is 191 cm³/mol. The zero-order chi connectivity index (χ0) is 29.8. The highest BCUT2D eigenvalue weighted by atomic mass is 15.0. The van der Waals surface area contributed by atoms with Gasteiger partial charge in [-0.15, -0.1) is 0 Å². The summed E-state index contributed by atoms with van der Waals surface area (Å²) in [7, 11) is 0. The second kappa shape index (κ2) is 10.4. The molecule has 7 aromatic carbocycles. The van der Waals surface area contributed by atoms with Crippen molar-refractivity contribution in [3.05, 3.63) is 140 Å². The van der Waals surface area contributed by atoms with Gasteiger partial charge in [-0.25, -0.2) is 0 Å². The van der Waals surface area contributed by atoms with E-state index in [4.69, 9.17) is 0 Å². The Morgan fingerprint density at radius 2 is 1.11 bits per heavy atom. The highest BCUT2D eigenvalue weighted by molar-refractivity contribution is 6.24. The molecule has 0 aliphatic heterocycles. The van der Waals surface area contributed by atoms with Crippen LogP contribution in [-0.2, 0) is 6.54 Å². The van der Waals surface area contributed by atoms with E-state index >= 15 is 0 Å². The molecule has 212 valence electrons. The summed E-state index contributed by atoms with van der Waals surface area (Å²) < 4.78 is 4.91. The van der Waals surface area contributed by atoms with Crippen LogP contribution in [0.15, 0.2) is 140 Å². The minimum atomic E-state index is 0.920. The first kappa shape index (κ1) is 26.3. The van der Waals surface area contributed by atoms with Gasteiger partial charge in [-0.05, 0) is 76.0 Å². The molecule has 0 saturated heterocycles. The quantitative estimate of drug-likeness (QED) is 0.201. The van der Waals surface area contributed by atoms with Crippen molar-refractivity contribution in [3.8, 4) is 16.8 Å². The average molecular weight is 567 g/mol. The maximum atomic E-state index is 2.47. The van der Waals surface area contributed by atoms with Gasteiger partial charge in [-0.3, -0.25) is 0 Å². The Morgan fingerprint density at radius 3 is 1.89 bits per heavy atom. The van der Waals surface area contributed by atoms with Crippen molar-refractivity contribution >= 4 is 65.2 Å². The first-order valence-corrected chi connectivity index (χ1v) is 15.8. The zero-order valence-electron chi connectivity index (χ0n) is 25.4. The molecule has 2 nitrogen and oxygen atoms in total. The highest BCUT2D eigenvalue weighted by Gasteiger charge is 2.18. The Kier molecular flexibility index (Phi) is 6.23. The lowest BCUT2D eigenvalue weighted by molar-refractivity contribution is 0.827. The van der Waals surface area contributed by atoms with Crippen molar-refractivity contribution < 1.29 is 0 Å². The van der Waals surface area contributed by atoms with Crippen molar-refractivity contribution in [1.29, 1.82) is 0 Å². The number of hydrogen-bond donors (Lipinski definition) is 0. The molecule has 0 saturated carbocycles. The Balaban J connectivity index is 0.00000142. The van der Waals surface area contributed by atoms with Crippen LogP contribution in [0.4, 0.5) is 0 Å². The van der Waals surface area contributed by atoms with Crippen LogP contribution in [0, 0.1) is 0 Å². The monoisotopic (exact) mass is 566 g/mol. The number of hydrogen-bond acceptors (Lipinski definition) is 0. The summed E-state index contributed by atoms with van der Waals surface area (Å²) in [5.74, 6) is 0. The number of nitrogens with zero attached hydrogens (tertiary/aromatic N) is 2. The molecular formula is C42H34N2. The molecule has 0 amide bonds. The molecule has 0 radical (unpaired) electrons. The highest BCUT2D eigenvalue weighted by Crippen LogP contribution is 2.41. The SMILES string of the molecule is CC.CCn1c2cc3c(cc2c2c4ccccc4ccc21)c1ccccc1n3-c1ccc(-c2cccc3ccccc23)cc1. The summed E-state index contributed by atoms with van der Waals surface area (Å²) in [6.07, 6.45) is 0. The summed E-state index contributed by atoms with van der Waals surface area (Å²) in [6, 6.07) is 51.3. The van der Waals surface area contributed by atoms with E-state index in [-0.39, 0.29) is 0 Å². The van der Waals surface area contributed by atoms with Crippen LogP contribution in [0.5, 0.6) is 0 Å². The number of aromatic nitrogens is 2. The first-order chi connectivity index (χ1) is 21.8. The van der Waals surface area contributed by atoms with Gasteiger partial charge in [-0.1, -0.05) is 117 Å². The molecule has 0 atom stereocenters. The summed E-state index contributed by atoms with van der Waals surface area (Å²) in [5.41, 5.74) is 8.73. The number of para-hydroxylation sites is 1. The standard InChI is InChI=1S/C40H28N2.C2H6/c1-2-41-37-23-20-27-11-4-6-14-32(27)40(37)35-24-34-33-15-7-8-17-36(33)42(39(34)25-38(35)41)29-21-18-28(19-22-29)31-16-9-12-26-10-3-5-13-30(26)31;1-2/h3-25H,2H2,1H3;1-2H3. The topological polar surface area (TPSA) is 9.86 Å². The van der Waals surface area contributed by atoms with Crippen LogP contribution in [0.1, 0.15) is 20.8 Å². The Bertz CT molecular complexity index is 2480. The molecule has 0 fully saturated rings. The van der Waals surface area contributed by atoms with Gasteiger partial charge in [0.25, 0.3) is 0 Å². The van der Waals surface area contributed by atoms with Gasteiger partial charge in [0.05, 0.1) is 16.6 Å². The summed E-state index contributed by atoms with van der Waals surface area (Å²) in [6.45, 7) is 7.17. The van der Waals surface area contributed by atoms with Gasteiger partial charge in [0.1, 0.15) is 0 Å². The first-order valence-electron chi connectivity index (χ1n) is 15.8. The maximum absolute atomic E-state index is 2.47. The molecule has 0 unspecified atom stereocenters. The summed E-state index contributed by atoms with van der Waals surface area (Å²) in [4.78, 5) is 0. The third kappa shape index (κ3) is 3.81. The van der Waals surface area contributed by atoms with Gasteiger partial charge in [0.2, 0.25) is 0 Å². The van der Waals surface area contributed by atoms with Crippen LogP contribution in [0.2, 0.25) is 0 Å². The van der Waals surface area contributed by atoms with Crippen molar-refractivity contribution in [2.75, 3.05) is 0 Å². The number of fused-ring (bicyclic) bond motifs is 9. The van der Waals surface area contributed by atoms with E-state index in [2.05, 4.69) is 156 Å². The molecular weight excluding hydrogens is 532 g/mol.